The molecule has 1 unspecified atom stereocenters. The predicted octanol–water partition coefficient (Wildman–Crippen LogP) is 5.43. The van der Waals surface area contributed by atoms with Gasteiger partial charge in [0.15, 0.2) is 6.61 Å². The summed E-state index contributed by atoms with van der Waals surface area (Å²) in [6.07, 6.45) is 1.27. The van der Waals surface area contributed by atoms with Crippen molar-refractivity contribution in [3.63, 3.8) is 0 Å². The van der Waals surface area contributed by atoms with E-state index in [1.54, 1.807) is 18.0 Å². The monoisotopic (exact) mass is 542 g/mol. The maximum absolute atomic E-state index is 13.5. The number of carbonyl (C=O) groups excluding carboxylic acids is 2. The summed E-state index contributed by atoms with van der Waals surface area (Å²) in [5, 5.41) is 3.24. The van der Waals surface area contributed by atoms with E-state index < -0.39 is 6.04 Å². The van der Waals surface area contributed by atoms with E-state index >= 15 is 0 Å². The fourth-order valence-electron chi connectivity index (χ4n) is 3.63. The number of aryl methyl sites for hydroxylation is 1. The highest BCUT2D eigenvalue weighted by Gasteiger charge is 2.30. The SMILES string of the molecule is CCc1ccc(OCC(=O)N(Cc2ccccc2Cl)C(Cc2ccccc2)C(=O)NC)c(Br)c1. The van der Waals surface area contributed by atoms with Crippen LogP contribution in [0, 0.1) is 0 Å². The summed E-state index contributed by atoms with van der Waals surface area (Å²) in [5.41, 5.74) is 2.87. The predicted molar refractivity (Wildman–Crippen MR) is 139 cm³/mol. The molecule has 2 amide bonds. The molecule has 1 atom stereocenters. The van der Waals surface area contributed by atoms with E-state index in [-0.39, 0.29) is 25.0 Å². The molecule has 0 spiro atoms. The molecule has 0 saturated heterocycles. The molecule has 5 nitrogen and oxygen atoms in total. The fraction of sp³-hybridized carbons (Fsp3) is 0.259. The van der Waals surface area contributed by atoms with Gasteiger partial charge in [0.25, 0.3) is 5.91 Å². The van der Waals surface area contributed by atoms with E-state index in [0.717, 1.165) is 27.6 Å². The number of likely N-dealkylation sites (N-methyl/N-ethyl adjacent to an activating group) is 1. The molecule has 3 rings (SSSR count). The minimum Gasteiger partial charge on any atom is -0.483 e. The average molecular weight is 544 g/mol. The van der Waals surface area contributed by atoms with Crippen molar-refractivity contribution in [3.8, 4) is 5.75 Å². The van der Waals surface area contributed by atoms with Crippen molar-refractivity contribution in [3.05, 3.63) is 99.0 Å². The molecular formula is C27H28BrClN2O3. The summed E-state index contributed by atoms with van der Waals surface area (Å²) in [5.74, 6) is 0.0106. The highest BCUT2D eigenvalue weighted by Crippen LogP contribution is 2.27. The van der Waals surface area contributed by atoms with Gasteiger partial charge in [0.1, 0.15) is 11.8 Å². The van der Waals surface area contributed by atoms with Crippen LogP contribution in [0.4, 0.5) is 0 Å². The Labute approximate surface area is 214 Å². The second kappa shape index (κ2) is 12.6. The number of hydrogen-bond donors (Lipinski definition) is 1. The number of carbonyl (C=O) groups is 2. The van der Waals surface area contributed by atoms with Crippen molar-refractivity contribution in [2.75, 3.05) is 13.7 Å². The zero-order valence-corrected chi connectivity index (χ0v) is 21.6. The quantitative estimate of drug-likeness (QED) is 0.371. The van der Waals surface area contributed by atoms with Crippen LogP contribution in [0.1, 0.15) is 23.6 Å². The van der Waals surface area contributed by atoms with Crippen molar-refractivity contribution in [2.45, 2.75) is 32.4 Å². The molecule has 0 fully saturated rings. The molecule has 7 heteroatoms. The van der Waals surface area contributed by atoms with E-state index in [0.29, 0.717) is 17.2 Å². The second-order valence-electron chi connectivity index (χ2n) is 7.84. The van der Waals surface area contributed by atoms with Crippen LogP contribution >= 0.6 is 27.5 Å². The second-order valence-corrected chi connectivity index (χ2v) is 9.10. The summed E-state index contributed by atoms with van der Waals surface area (Å²) in [6.45, 7) is 2.05. The summed E-state index contributed by atoms with van der Waals surface area (Å²) in [6, 6.07) is 22.0. The summed E-state index contributed by atoms with van der Waals surface area (Å²) >= 11 is 9.91. The zero-order chi connectivity index (χ0) is 24.5. The van der Waals surface area contributed by atoms with Gasteiger partial charge in [-0.2, -0.15) is 0 Å². The van der Waals surface area contributed by atoms with Crippen LogP contribution in [0.2, 0.25) is 5.02 Å². The van der Waals surface area contributed by atoms with Gasteiger partial charge in [0.05, 0.1) is 4.47 Å². The third-order valence-corrected chi connectivity index (χ3v) is 6.56. The van der Waals surface area contributed by atoms with Gasteiger partial charge in [-0.1, -0.05) is 73.1 Å². The molecule has 0 saturated carbocycles. The van der Waals surface area contributed by atoms with Crippen LogP contribution in [0.5, 0.6) is 5.75 Å². The first-order valence-corrected chi connectivity index (χ1v) is 12.3. The molecule has 0 radical (unpaired) electrons. The van der Waals surface area contributed by atoms with Crippen molar-refractivity contribution in [1.82, 2.24) is 10.2 Å². The van der Waals surface area contributed by atoms with Gasteiger partial charge in [-0.25, -0.2) is 0 Å². The van der Waals surface area contributed by atoms with Gasteiger partial charge in [-0.05, 0) is 57.2 Å². The molecule has 0 aliphatic carbocycles. The Hall–Kier alpha value is -2.83. The minimum atomic E-state index is -0.731. The van der Waals surface area contributed by atoms with Crippen LogP contribution in [-0.2, 0) is 29.0 Å². The van der Waals surface area contributed by atoms with Crippen LogP contribution in [0.3, 0.4) is 0 Å². The molecule has 178 valence electrons. The highest BCUT2D eigenvalue weighted by molar-refractivity contribution is 9.10. The summed E-state index contributed by atoms with van der Waals surface area (Å²) in [4.78, 5) is 28.0. The number of ether oxygens (including phenoxy) is 1. The van der Waals surface area contributed by atoms with Crippen LogP contribution < -0.4 is 10.1 Å². The number of nitrogens with one attached hydrogen (secondary N) is 1. The number of nitrogens with zero attached hydrogens (tertiary/aromatic N) is 1. The molecule has 0 heterocycles. The Bertz CT molecular complexity index is 1120. The standard InChI is InChI=1S/C27H28BrClN2O3/c1-3-19-13-14-25(22(28)15-19)34-18-26(32)31(17-21-11-7-8-12-23(21)29)24(27(33)30-2)16-20-9-5-4-6-10-20/h4-15,24H,3,16-18H2,1-2H3,(H,30,33). The lowest BCUT2D eigenvalue weighted by Gasteiger charge is -2.31. The summed E-state index contributed by atoms with van der Waals surface area (Å²) in [7, 11) is 1.57. The smallest absolute Gasteiger partial charge is 0.261 e. The Morgan fingerprint density at radius 2 is 1.74 bits per heavy atom. The van der Waals surface area contributed by atoms with Crippen molar-refractivity contribution in [1.29, 1.82) is 0 Å². The van der Waals surface area contributed by atoms with Crippen LogP contribution in [0.25, 0.3) is 0 Å². The molecule has 3 aromatic carbocycles. The number of rotatable bonds is 10. The first-order chi connectivity index (χ1) is 16.4. The van der Waals surface area contributed by atoms with Crippen molar-refractivity contribution < 1.29 is 14.3 Å². The summed E-state index contributed by atoms with van der Waals surface area (Å²) < 4.78 is 6.64. The topological polar surface area (TPSA) is 58.6 Å². The van der Waals surface area contributed by atoms with Crippen LogP contribution in [-0.4, -0.2) is 36.4 Å². The Morgan fingerprint density at radius 3 is 2.38 bits per heavy atom. The van der Waals surface area contributed by atoms with Crippen LogP contribution in [0.15, 0.2) is 77.3 Å². The van der Waals surface area contributed by atoms with Gasteiger partial charge in [-0.3, -0.25) is 9.59 Å². The molecule has 0 bridgehead atoms. The molecule has 3 aromatic rings. The number of benzene rings is 3. The normalized spacial score (nSPS) is 11.5. The van der Waals surface area contributed by atoms with E-state index in [1.165, 1.54) is 0 Å². The first-order valence-electron chi connectivity index (χ1n) is 11.1. The van der Waals surface area contributed by atoms with Gasteiger partial charge >= 0.3 is 0 Å². The number of halogens is 2. The molecule has 0 aliphatic rings. The number of hydrogen-bond acceptors (Lipinski definition) is 3. The lowest BCUT2D eigenvalue weighted by atomic mass is 10.0. The lowest BCUT2D eigenvalue weighted by molar-refractivity contribution is -0.142. The Morgan fingerprint density at radius 1 is 1.03 bits per heavy atom. The fourth-order valence-corrected chi connectivity index (χ4v) is 4.37. The number of amides is 2. The average Bonchev–Trinajstić information content (AvgIpc) is 2.86. The van der Waals surface area contributed by atoms with Gasteiger partial charge < -0.3 is 15.0 Å². The third kappa shape index (κ3) is 6.84. The van der Waals surface area contributed by atoms with E-state index in [9.17, 15) is 9.59 Å². The molecule has 34 heavy (non-hydrogen) atoms. The van der Waals surface area contributed by atoms with Gasteiger partial charge in [0.2, 0.25) is 5.91 Å². The lowest BCUT2D eigenvalue weighted by Crippen LogP contribution is -2.51. The highest BCUT2D eigenvalue weighted by atomic mass is 79.9. The van der Waals surface area contributed by atoms with Crippen molar-refractivity contribution >= 4 is 39.3 Å². The van der Waals surface area contributed by atoms with Gasteiger partial charge in [0, 0.05) is 25.0 Å². The molecule has 0 aromatic heterocycles. The Balaban J connectivity index is 1.88. The largest absolute Gasteiger partial charge is 0.483 e. The first kappa shape index (κ1) is 25.8. The van der Waals surface area contributed by atoms with Gasteiger partial charge in [-0.15, -0.1) is 0 Å². The van der Waals surface area contributed by atoms with E-state index in [2.05, 4.69) is 28.2 Å². The van der Waals surface area contributed by atoms with E-state index in [1.807, 2.05) is 66.7 Å². The zero-order valence-electron chi connectivity index (χ0n) is 19.3. The maximum atomic E-state index is 13.5. The van der Waals surface area contributed by atoms with Crippen molar-refractivity contribution in [2.24, 2.45) is 0 Å². The maximum Gasteiger partial charge on any atom is 0.261 e. The van der Waals surface area contributed by atoms with E-state index in [4.69, 9.17) is 16.3 Å². The molecule has 0 aliphatic heterocycles. The third-order valence-electron chi connectivity index (χ3n) is 5.57. The minimum absolute atomic E-state index is 0.183. The molecular weight excluding hydrogens is 516 g/mol. The molecule has 1 N–H and O–H groups in total. The Kier molecular flexibility index (Phi) is 9.54.